The van der Waals surface area contributed by atoms with Gasteiger partial charge in [-0.05, 0) is 0 Å². The van der Waals surface area contributed by atoms with E-state index in [1.807, 2.05) is 5.92 Å². The monoisotopic (exact) mass is 335 g/mol. The molecule has 1 aromatic heterocycles. The molecular weight excluding hydrogens is 324 g/mol. The van der Waals surface area contributed by atoms with Crippen molar-refractivity contribution < 1.29 is 23.7 Å². The molecule has 1 aliphatic rings. The molecule has 22 heavy (non-hydrogen) atoms. The van der Waals surface area contributed by atoms with Crippen LogP contribution in [0.3, 0.4) is 0 Å². The van der Waals surface area contributed by atoms with Crippen LogP contribution in [0.15, 0.2) is 11.0 Å². The van der Waals surface area contributed by atoms with E-state index in [-0.39, 0.29) is 0 Å². The molecule has 0 aromatic carbocycles. The molecule has 10 heteroatoms. The van der Waals surface area contributed by atoms with Crippen molar-refractivity contribution in [3.8, 4) is 11.8 Å². The summed E-state index contributed by atoms with van der Waals surface area (Å²) in [5, 5.41) is 19.2. The summed E-state index contributed by atoms with van der Waals surface area (Å²) in [6.07, 6.45) is -3.54. The van der Waals surface area contributed by atoms with Gasteiger partial charge in [-0.1, -0.05) is 23.4 Å². The number of aliphatic hydroxyl groups excluding tert-OH is 2. The van der Waals surface area contributed by atoms with E-state index in [1.54, 1.807) is 0 Å². The van der Waals surface area contributed by atoms with Gasteiger partial charge in [-0.3, -0.25) is 4.57 Å². The standard InChI is InChI=1S/C12H12ClF2N3O4/c13-12(2-1-3-14)8(20)7(5-19)22-10(12)18-4-6(15)9(16)17-11(18)21/h4,7-8,10,19-20H,3,5H2,(H2,16,17,21). The summed E-state index contributed by atoms with van der Waals surface area (Å²) in [6.45, 7) is -1.69. The molecule has 2 heterocycles. The lowest BCUT2D eigenvalue weighted by atomic mass is 9.99. The van der Waals surface area contributed by atoms with Gasteiger partial charge in [-0.25, -0.2) is 13.6 Å². The van der Waals surface area contributed by atoms with Gasteiger partial charge in [0.25, 0.3) is 0 Å². The summed E-state index contributed by atoms with van der Waals surface area (Å²) < 4.78 is 31.7. The average Bonchev–Trinajstić information content (AvgIpc) is 2.73. The minimum Gasteiger partial charge on any atom is -0.394 e. The van der Waals surface area contributed by atoms with Gasteiger partial charge in [-0.15, -0.1) is 0 Å². The number of hydrogen-bond donors (Lipinski definition) is 3. The van der Waals surface area contributed by atoms with Crippen LogP contribution in [0, 0.1) is 17.7 Å². The zero-order valence-electron chi connectivity index (χ0n) is 11.0. The topological polar surface area (TPSA) is 111 Å². The summed E-state index contributed by atoms with van der Waals surface area (Å²) in [4.78, 5) is 13.1. The first-order chi connectivity index (χ1) is 10.3. The largest absolute Gasteiger partial charge is 0.394 e. The average molecular weight is 336 g/mol. The predicted molar refractivity (Wildman–Crippen MR) is 72.2 cm³/mol. The van der Waals surface area contributed by atoms with Gasteiger partial charge < -0.3 is 20.7 Å². The molecule has 0 radical (unpaired) electrons. The van der Waals surface area contributed by atoms with Gasteiger partial charge in [0.05, 0.1) is 12.8 Å². The number of nitrogens with two attached hydrogens (primary N) is 1. The molecule has 0 saturated carbocycles. The molecule has 120 valence electrons. The molecule has 0 amide bonds. The molecule has 0 bridgehead atoms. The quantitative estimate of drug-likeness (QED) is 0.480. The van der Waals surface area contributed by atoms with E-state index in [9.17, 15) is 18.7 Å². The fourth-order valence-corrected chi connectivity index (χ4v) is 2.46. The van der Waals surface area contributed by atoms with E-state index in [0.29, 0.717) is 10.8 Å². The fourth-order valence-electron chi connectivity index (χ4n) is 2.10. The second kappa shape index (κ2) is 6.18. The fraction of sp³-hybridized carbons (Fsp3) is 0.500. The van der Waals surface area contributed by atoms with Crippen LogP contribution in [0.5, 0.6) is 0 Å². The number of nitrogen functional groups attached to an aromatic ring is 1. The number of nitrogens with zero attached hydrogens (tertiary/aromatic N) is 2. The third kappa shape index (κ3) is 2.66. The van der Waals surface area contributed by atoms with E-state index in [2.05, 4.69) is 10.9 Å². The van der Waals surface area contributed by atoms with Crippen LogP contribution >= 0.6 is 11.6 Å². The molecule has 4 unspecified atom stereocenters. The minimum absolute atomic E-state index is 0.617. The van der Waals surface area contributed by atoms with Crippen LogP contribution in [-0.2, 0) is 4.74 Å². The predicted octanol–water partition coefficient (Wildman–Crippen LogP) is -0.834. The third-order valence-electron chi connectivity index (χ3n) is 3.16. The lowest BCUT2D eigenvalue weighted by molar-refractivity contribution is -0.0467. The van der Waals surface area contributed by atoms with Crippen LogP contribution in [0.1, 0.15) is 6.23 Å². The number of hydrogen-bond acceptors (Lipinski definition) is 6. The second-order valence-corrected chi connectivity index (χ2v) is 5.15. The third-order valence-corrected chi connectivity index (χ3v) is 3.66. The Hall–Kier alpha value is -1.73. The molecule has 1 fully saturated rings. The van der Waals surface area contributed by atoms with Crippen molar-refractivity contribution >= 4 is 17.4 Å². The molecule has 4 atom stereocenters. The zero-order chi connectivity index (χ0) is 16.5. The van der Waals surface area contributed by atoms with Crippen LogP contribution < -0.4 is 11.4 Å². The van der Waals surface area contributed by atoms with Gasteiger partial charge in [0.1, 0.15) is 18.9 Å². The van der Waals surface area contributed by atoms with Gasteiger partial charge in [0.15, 0.2) is 22.7 Å². The molecular formula is C12H12ClF2N3O4. The molecule has 7 nitrogen and oxygen atoms in total. The number of anilines is 1. The highest BCUT2D eigenvalue weighted by Gasteiger charge is 2.56. The van der Waals surface area contributed by atoms with E-state index in [0.717, 1.165) is 0 Å². The van der Waals surface area contributed by atoms with Crippen LogP contribution in [0.2, 0.25) is 0 Å². The van der Waals surface area contributed by atoms with Gasteiger partial charge in [-0.2, -0.15) is 4.98 Å². The van der Waals surface area contributed by atoms with Crippen molar-refractivity contribution in [3.63, 3.8) is 0 Å². The maximum Gasteiger partial charge on any atom is 0.351 e. The number of aliphatic hydroxyl groups is 2. The van der Waals surface area contributed by atoms with Gasteiger partial charge in [0.2, 0.25) is 0 Å². The Balaban J connectivity index is 2.56. The van der Waals surface area contributed by atoms with Crippen molar-refractivity contribution in [1.82, 2.24) is 9.55 Å². The van der Waals surface area contributed by atoms with Crippen LogP contribution in [-0.4, -0.2) is 50.1 Å². The minimum atomic E-state index is -1.96. The SMILES string of the molecule is Nc1nc(=O)n(C2OC(CO)C(O)C2(Cl)C#CCF)cc1F. The molecule has 2 rings (SSSR count). The van der Waals surface area contributed by atoms with E-state index in [1.165, 1.54) is 0 Å². The highest BCUT2D eigenvalue weighted by Crippen LogP contribution is 2.42. The van der Waals surface area contributed by atoms with Crippen LogP contribution in [0.25, 0.3) is 0 Å². The van der Waals surface area contributed by atoms with Gasteiger partial charge >= 0.3 is 5.69 Å². The Morgan fingerprint density at radius 1 is 1.64 bits per heavy atom. The number of halogens is 3. The smallest absolute Gasteiger partial charge is 0.351 e. The maximum absolute atomic E-state index is 13.5. The number of rotatable bonds is 2. The van der Waals surface area contributed by atoms with Crippen molar-refractivity contribution in [2.75, 3.05) is 19.0 Å². The van der Waals surface area contributed by atoms with Crippen molar-refractivity contribution in [1.29, 1.82) is 0 Å². The van der Waals surface area contributed by atoms with Gasteiger partial charge in [0, 0.05) is 0 Å². The zero-order valence-corrected chi connectivity index (χ0v) is 11.8. The molecule has 1 aromatic rings. The van der Waals surface area contributed by atoms with Crippen molar-refractivity contribution in [3.05, 3.63) is 22.5 Å². The normalized spacial score (nSPS) is 30.9. The lowest BCUT2D eigenvalue weighted by Gasteiger charge is -2.25. The Bertz CT molecular complexity index is 689. The Morgan fingerprint density at radius 3 is 2.91 bits per heavy atom. The van der Waals surface area contributed by atoms with Crippen molar-refractivity contribution in [2.24, 2.45) is 0 Å². The molecule has 0 spiro atoms. The molecule has 1 aliphatic heterocycles. The Morgan fingerprint density at radius 2 is 2.32 bits per heavy atom. The lowest BCUT2D eigenvalue weighted by Crippen LogP contribution is -2.43. The Labute approximate surface area is 128 Å². The number of ether oxygens (including phenoxy) is 1. The Kier molecular flexibility index (Phi) is 4.67. The summed E-state index contributed by atoms with van der Waals surface area (Å²) in [5.74, 6) is 2.64. The second-order valence-electron chi connectivity index (χ2n) is 4.52. The molecule has 0 aliphatic carbocycles. The summed E-state index contributed by atoms with van der Waals surface area (Å²) in [7, 11) is 0. The highest BCUT2D eigenvalue weighted by molar-refractivity contribution is 6.27. The molecule has 4 N–H and O–H groups in total. The summed E-state index contributed by atoms with van der Waals surface area (Å²) in [6, 6.07) is 0. The molecule has 1 saturated heterocycles. The number of aromatic nitrogens is 2. The number of alkyl halides is 2. The first-order valence-electron chi connectivity index (χ1n) is 6.08. The van der Waals surface area contributed by atoms with E-state index >= 15 is 0 Å². The summed E-state index contributed by atoms with van der Waals surface area (Å²) in [5.41, 5.74) is 4.18. The van der Waals surface area contributed by atoms with E-state index < -0.39 is 53.9 Å². The van der Waals surface area contributed by atoms with Crippen LogP contribution in [0.4, 0.5) is 14.6 Å². The van der Waals surface area contributed by atoms with Crippen molar-refractivity contribution in [2.45, 2.75) is 23.3 Å². The maximum atomic E-state index is 13.5. The highest BCUT2D eigenvalue weighted by atomic mass is 35.5. The first kappa shape index (κ1) is 16.6. The first-order valence-corrected chi connectivity index (χ1v) is 6.46. The summed E-state index contributed by atoms with van der Waals surface area (Å²) >= 11 is 6.17. The van der Waals surface area contributed by atoms with E-state index in [4.69, 9.17) is 27.2 Å².